The summed E-state index contributed by atoms with van der Waals surface area (Å²) in [7, 11) is 0. The maximum atomic E-state index is 5.53. The Labute approximate surface area is 87.2 Å². The molecule has 0 saturated carbocycles. The Hall–Kier alpha value is -0.540. The van der Waals surface area contributed by atoms with E-state index in [1.807, 2.05) is 25.1 Å². The lowest BCUT2D eigenvalue weighted by Gasteiger charge is -2.08. The molecular formula is C10H14BrNO. The summed E-state index contributed by atoms with van der Waals surface area (Å²) in [5, 5.41) is 0. The average molecular weight is 244 g/mol. The van der Waals surface area contributed by atoms with E-state index in [1.54, 1.807) is 0 Å². The Kier molecular flexibility index (Phi) is 4.25. The van der Waals surface area contributed by atoms with Gasteiger partial charge < -0.3 is 10.5 Å². The third-order valence-corrected chi connectivity index (χ3v) is 2.24. The summed E-state index contributed by atoms with van der Waals surface area (Å²) in [5.41, 5.74) is 6.51. The van der Waals surface area contributed by atoms with Gasteiger partial charge in [-0.15, -0.1) is 0 Å². The largest absolute Gasteiger partial charge is 0.493 e. The van der Waals surface area contributed by atoms with Crippen LogP contribution in [-0.2, 0) is 0 Å². The molecule has 1 aromatic rings. The van der Waals surface area contributed by atoms with Gasteiger partial charge in [0.15, 0.2) is 0 Å². The molecule has 0 bridgehead atoms. The highest BCUT2D eigenvalue weighted by Crippen LogP contribution is 2.21. The average Bonchev–Trinajstić information content (AvgIpc) is 2.09. The maximum absolute atomic E-state index is 5.53. The third-order valence-electron chi connectivity index (χ3n) is 1.74. The van der Waals surface area contributed by atoms with Crippen LogP contribution in [0.15, 0.2) is 22.7 Å². The monoisotopic (exact) mass is 243 g/mol. The number of ether oxygens (including phenoxy) is 1. The highest BCUT2D eigenvalue weighted by molar-refractivity contribution is 9.10. The summed E-state index contributed by atoms with van der Waals surface area (Å²) in [5.74, 6) is 0.941. The first kappa shape index (κ1) is 10.5. The Morgan fingerprint density at radius 1 is 1.46 bits per heavy atom. The summed E-state index contributed by atoms with van der Waals surface area (Å²) in [6.07, 6.45) is 0.898. The molecule has 1 aromatic carbocycles. The minimum absolute atomic E-state index is 0.676. The van der Waals surface area contributed by atoms with Crippen LogP contribution in [0.4, 0.5) is 0 Å². The zero-order valence-corrected chi connectivity index (χ0v) is 9.30. The molecule has 0 spiro atoms. The van der Waals surface area contributed by atoms with Crippen molar-refractivity contribution in [2.24, 2.45) is 5.73 Å². The molecule has 0 fully saturated rings. The lowest BCUT2D eigenvalue weighted by atomic mass is 10.2. The van der Waals surface area contributed by atoms with Gasteiger partial charge in [0.1, 0.15) is 5.75 Å². The number of rotatable bonds is 4. The first-order chi connectivity index (χ1) is 6.24. The molecule has 0 unspecified atom stereocenters. The molecule has 72 valence electrons. The lowest BCUT2D eigenvalue weighted by Crippen LogP contribution is -2.06. The number of nitrogens with two attached hydrogens (primary N) is 1. The second-order valence-corrected chi connectivity index (χ2v) is 3.82. The Bertz CT molecular complexity index is 276. The minimum Gasteiger partial charge on any atom is -0.493 e. The quantitative estimate of drug-likeness (QED) is 0.826. The number of aryl methyl sites for hydroxylation is 1. The molecule has 13 heavy (non-hydrogen) atoms. The van der Waals surface area contributed by atoms with Crippen molar-refractivity contribution in [1.29, 1.82) is 0 Å². The van der Waals surface area contributed by atoms with Crippen molar-refractivity contribution in [3.05, 3.63) is 28.2 Å². The number of benzene rings is 1. The van der Waals surface area contributed by atoms with Gasteiger partial charge in [-0.25, -0.2) is 0 Å². The van der Waals surface area contributed by atoms with Gasteiger partial charge in [0.05, 0.1) is 6.61 Å². The van der Waals surface area contributed by atoms with Crippen molar-refractivity contribution in [3.8, 4) is 5.75 Å². The molecule has 2 N–H and O–H groups in total. The summed E-state index contributed by atoms with van der Waals surface area (Å²) in [6, 6.07) is 5.98. The first-order valence-electron chi connectivity index (χ1n) is 4.33. The fraction of sp³-hybridized carbons (Fsp3) is 0.400. The van der Waals surface area contributed by atoms with Gasteiger partial charge in [-0.2, -0.15) is 0 Å². The van der Waals surface area contributed by atoms with E-state index in [0.29, 0.717) is 13.2 Å². The summed E-state index contributed by atoms with van der Waals surface area (Å²) in [6.45, 7) is 3.40. The minimum atomic E-state index is 0.676. The summed E-state index contributed by atoms with van der Waals surface area (Å²) in [4.78, 5) is 0. The molecule has 1 rings (SSSR count). The van der Waals surface area contributed by atoms with Gasteiger partial charge in [-0.3, -0.25) is 0 Å². The molecule has 0 aromatic heterocycles. The van der Waals surface area contributed by atoms with Gasteiger partial charge in [0, 0.05) is 4.47 Å². The standard InChI is InChI=1S/C10H14BrNO/c1-8-7-9(11)3-4-10(8)13-6-2-5-12/h3-4,7H,2,5-6,12H2,1H3. The van der Waals surface area contributed by atoms with Crippen LogP contribution in [0.3, 0.4) is 0 Å². The molecule has 0 aliphatic heterocycles. The molecule has 0 amide bonds. The van der Waals surface area contributed by atoms with Crippen LogP contribution in [0.1, 0.15) is 12.0 Å². The van der Waals surface area contributed by atoms with Crippen molar-refractivity contribution in [3.63, 3.8) is 0 Å². The highest BCUT2D eigenvalue weighted by atomic mass is 79.9. The SMILES string of the molecule is Cc1cc(Br)ccc1OCCCN. The second-order valence-electron chi connectivity index (χ2n) is 2.90. The maximum Gasteiger partial charge on any atom is 0.122 e. The van der Waals surface area contributed by atoms with Crippen LogP contribution in [0.2, 0.25) is 0 Å². The zero-order valence-electron chi connectivity index (χ0n) is 7.72. The van der Waals surface area contributed by atoms with Crippen LogP contribution < -0.4 is 10.5 Å². The first-order valence-corrected chi connectivity index (χ1v) is 5.12. The van der Waals surface area contributed by atoms with Gasteiger partial charge in [-0.1, -0.05) is 15.9 Å². The van der Waals surface area contributed by atoms with Crippen molar-refractivity contribution < 1.29 is 4.74 Å². The molecule has 0 heterocycles. The highest BCUT2D eigenvalue weighted by Gasteiger charge is 1.98. The fourth-order valence-electron chi connectivity index (χ4n) is 1.04. The molecule has 3 heteroatoms. The van der Waals surface area contributed by atoms with E-state index in [9.17, 15) is 0 Å². The topological polar surface area (TPSA) is 35.2 Å². The van der Waals surface area contributed by atoms with E-state index in [-0.39, 0.29) is 0 Å². The molecule has 0 radical (unpaired) electrons. The molecular weight excluding hydrogens is 230 g/mol. The van der Waals surface area contributed by atoms with Crippen LogP contribution in [0.5, 0.6) is 5.75 Å². The predicted octanol–water partition coefficient (Wildman–Crippen LogP) is 2.49. The fourth-order valence-corrected chi connectivity index (χ4v) is 1.52. The van der Waals surface area contributed by atoms with E-state index in [4.69, 9.17) is 10.5 Å². The van der Waals surface area contributed by atoms with Crippen molar-refractivity contribution in [1.82, 2.24) is 0 Å². The lowest BCUT2D eigenvalue weighted by molar-refractivity contribution is 0.311. The predicted molar refractivity (Wildman–Crippen MR) is 58.0 cm³/mol. The smallest absolute Gasteiger partial charge is 0.122 e. The Balaban J connectivity index is 2.56. The van der Waals surface area contributed by atoms with Gasteiger partial charge in [0.25, 0.3) is 0 Å². The molecule has 0 atom stereocenters. The molecule has 0 aliphatic rings. The van der Waals surface area contributed by atoms with Crippen LogP contribution >= 0.6 is 15.9 Å². The van der Waals surface area contributed by atoms with E-state index >= 15 is 0 Å². The Morgan fingerprint density at radius 2 is 2.23 bits per heavy atom. The van der Waals surface area contributed by atoms with Crippen molar-refractivity contribution in [2.45, 2.75) is 13.3 Å². The molecule has 2 nitrogen and oxygen atoms in total. The van der Waals surface area contributed by atoms with Crippen LogP contribution in [0.25, 0.3) is 0 Å². The van der Waals surface area contributed by atoms with Gasteiger partial charge in [0.2, 0.25) is 0 Å². The number of halogens is 1. The summed E-state index contributed by atoms with van der Waals surface area (Å²) < 4.78 is 6.61. The van der Waals surface area contributed by atoms with E-state index in [0.717, 1.165) is 22.2 Å². The van der Waals surface area contributed by atoms with Crippen molar-refractivity contribution in [2.75, 3.05) is 13.2 Å². The molecule has 0 aliphatic carbocycles. The number of hydrogen-bond acceptors (Lipinski definition) is 2. The van der Waals surface area contributed by atoms with Crippen molar-refractivity contribution >= 4 is 15.9 Å². The third kappa shape index (κ3) is 3.36. The van der Waals surface area contributed by atoms with Crippen LogP contribution in [0, 0.1) is 6.92 Å². The zero-order chi connectivity index (χ0) is 9.68. The second kappa shape index (κ2) is 5.25. The van der Waals surface area contributed by atoms with E-state index < -0.39 is 0 Å². The molecule has 0 saturated heterocycles. The number of hydrogen-bond donors (Lipinski definition) is 1. The summed E-state index contributed by atoms with van der Waals surface area (Å²) >= 11 is 3.40. The van der Waals surface area contributed by atoms with Gasteiger partial charge >= 0.3 is 0 Å². The Morgan fingerprint density at radius 3 is 2.85 bits per heavy atom. The van der Waals surface area contributed by atoms with E-state index in [1.165, 1.54) is 0 Å². The normalized spacial score (nSPS) is 10.1. The van der Waals surface area contributed by atoms with Gasteiger partial charge in [-0.05, 0) is 43.7 Å². The van der Waals surface area contributed by atoms with Crippen LogP contribution in [-0.4, -0.2) is 13.2 Å². The van der Waals surface area contributed by atoms with E-state index in [2.05, 4.69) is 15.9 Å².